The van der Waals surface area contributed by atoms with E-state index in [-0.39, 0.29) is 10.7 Å². The Balaban J connectivity index is 2.51. The summed E-state index contributed by atoms with van der Waals surface area (Å²) in [5.41, 5.74) is 0. The normalized spacial score (nSPS) is 29.5. The molecule has 0 bridgehead atoms. The number of alkyl halides is 1. The van der Waals surface area contributed by atoms with Crippen molar-refractivity contribution < 1.29 is 4.79 Å². The van der Waals surface area contributed by atoms with Crippen molar-refractivity contribution in [3.05, 3.63) is 6.54 Å². The fourth-order valence-corrected chi connectivity index (χ4v) is 1.32. The van der Waals surface area contributed by atoms with Gasteiger partial charge in [0.2, 0.25) is 5.91 Å². The number of halogens is 1. The zero-order chi connectivity index (χ0) is 6.15. The van der Waals surface area contributed by atoms with E-state index >= 15 is 0 Å². The van der Waals surface area contributed by atoms with Crippen molar-refractivity contribution in [3.63, 3.8) is 0 Å². The highest BCUT2D eigenvalue weighted by atomic mass is 79.9. The highest BCUT2D eigenvalue weighted by Crippen LogP contribution is 2.19. The minimum absolute atomic E-state index is 0.187. The molecule has 0 aromatic carbocycles. The Labute approximate surface area is 57.0 Å². The van der Waals surface area contributed by atoms with Gasteiger partial charge in [-0.15, -0.1) is 0 Å². The lowest BCUT2D eigenvalue weighted by molar-refractivity contribution is -0.125. The second-order valence-corrected chi connectivity index (χ2v) is 3.05. The minimum atomic E-state index is 0.187. The molecule has 1 radical (unpaired) electrons. The fraction of sp³-hybridized carbons (Fsp3) is 0.600. The molecule has 2 nitrogen and oxygen atoms in total. The van der Waals surface area contributed by atoms with Crippen LogP contribution in [-0.4, -0.2) is 22.7 Å². The molecule has 0 aromatic heterocycles. The van der Waals surface area contributed by atoms with Gasteiger partial charge in [0.1, 0.15) is 0 Å². The van der Waals surface area contributed by atoms with Crippen LogP contribution in [0.25, 0.3) is 0 Å². The first-order valence-electron chi connectivity index (χ1n) is 2.45. The van der Waals surface area contributed by atoms with E-state index in [0.717, 1.165) is 0 Å². The van der Waals surface area contributed by atoms with Gasteiger partial charge in [0.25, 0.3) is 0 Å². The van der Waals surface area contributed by atoms with Crippen LogP contribution in [-0.2, 0) is 4.79 Å². The summed E-state index contributed by atoms with van der Waals surface area (Å²) in [5, 5.41) is 0. The number of carbonyl (C=O) groups is 1. The smallest absolute Gasteiger partial charge is 0.223 e. The molecule has 1 rings (SSSR count). The summed E-state index contributed by atoms with van der Waals surface area (Å²) in [4.78, 5) is 12.5. The lowest BCUT2D eigenvalue weighted by Gasteiger charge is -2.03. The van der Waals surface area contributed by atoms with E-state index in [1.807, 2.05) is 6.54 Å². The summed E-state index contributed by atoms with van der Waals surface area (Å²) in [6, 6.07) is 0. The quantitative estimate of drug-likeness (QED) is 0.500. The summed E-state index contributed by atoms with van der Waals surface area (Å²) < 4.78 is 0. The summed E-state index contributed by atoms with van der Waals surface area (Å²) >= 11 is 3.30. The Bertz CT molecular complexity index is 115. The Kier molecular flexibility index (Phi) is 1.56. The third-order valence-corrected chi connectivity index (χ3v) is 1.71. The highest BCUT2D eigenvalue weighted by molar-refractivity contribution is 9.09. The average Bonchev–Trinajstić information content (AvgIpc) is 1.85. The lowest BCUT2D eigenvalue weighted by Crippen LogP contribution is -2.14. The Morgan fingerprint density at radius 2 is 2.62 bits per heavy atom. The molecule has 0 saturated carbocycles. The lowest BCUT2D eigenvalue weighted by atomic mass is 10.4. The maximum atomic E-state index is 10.6. The number of hydrogen-bond donors (Lipinski definition) is 0. The number of hydrogen-bond acceptors (Lipinski definition) is 1. The number of rotatable bonds is 0. The molecule has 1 fully saturated rings. The molecule has 1 aliphatic rings. The summed E-state index contributed by atoms with van der Waals surface area (Å²) in [7, 11) is 1.77. The van der Waals surface area contributed by atoms with E-state index in [4.69, 9.17) is 0 Å². The Hall–Kier alpha value is -0.0500. The zero-order valence-electron chi connectivity index (χ0n) is 4.60. The van der Waals surface area contributed by atoms with Crippen LogP contribution in [0.15, 0.2) is 0 Å². The number of likely N-dealkylation sites (tertiary alicyclic amines) is 1. The molecular weight excluding hydrogens is 170 g/mol. The molecule has 1 amide bonds. The second kappa shape index (κ2) is 2.05. The molecular formula is C5H7BrNO. The van der Waals surface area contributed by atoms with E-state index in [2.05, 4.69) is 15.9 Å². The average molecular weight is 177 g/mol. The van der Waals surface area contributed by atoms with Gasteiger partial charge in [0, 0.05) is 18.3 Å². The van der Waals surface area contributed by atoms with Crippen molar-refractivity contribution in [2.45, 2.75) is 11.2 Å². The summed E-state index contributed by atoms with van der Waals surface area (Å²) in [6.07, 6.45) is 0.608. The molecule has 1 saturated heterocycles. The van der Waals surface area contributed by atoms with Crippen LogP contribution in [0.3, 0.4) is 0 Å². The minimum Gasteiger partial charge on any atom is -0.339 e. The van der Waals surface area contributed by atoms with Gasteiger partial charge < -0.3 is 4.90 Å². The molecule has 1 atom stereocenters. The van der Waals surface area contributed by atoms with Crippen molar-refractivity contribution >= 4 is 21.8 Å². The summed E-state index contributed by atoms with van der Waals surface area (Å²) in [6.45, 7) is 1.86. The SMILES string of the molecule is CN1[CH]C(Br)CC1=O. The van der Waals surface area contributed by atoms with E-state index in [1.165, 1.54) is 0 Å². The van der Waals surface area contributed by atoms with Gasteiger partial charge in [-0.3, -0.25) is 4.79 Å². The van der Waals surface area contributed by atoms with E-state index in [1.54, 1.807) is 11.9 Å². The predicted molar refractivity (Wildman–Crippen MR) is 34.4 cm³/mol. The van der Waals surface area contributed by atoms with Crippen LogP contribution >= 0.6 is 15.9 Å². The monoisotopic (exact) mass is 176 g/mol. The number of nitrogens with zero attached hydrogens (tertiary/aromatic N) is 1. The van der Waals surface area contributed by atoms with Gasteiger partial charge >= 0.3 is 0 Å². The third-order valence-electron chi connectivity index (χ3n) is 1.15. The van der Waals surface area contributed by atoms with Crippen LogP contribution in [0, 0.1) is 6.54 Å². The van der Waals surface area contributed by atoms with E-state index in [0.29, 0.717) is 6.42 Å². The molecule has 1 unspecified atom stereocenters. The van der Waals surface area contributed by atoms with Gasteiger partial charge in [-0.2, -0.15) is 0 Å². The first kappa shape index (κ1) is 6.08. The van der Waals surface area contributed by atoms with Crippen LogP contribution in [0.5, 0.6) is 0 Å². The first-order valence-corrected chi connectivity index (χ1v) is 3.36. The molecule has 1 heterocycles. The molecule has 45 valence electrons. The van der Waals surface area contributed by atoms with E-state index < -0.39 is 0 Å². The largest absolute Gasteiger partial charge is 0.339 e. The number of amides is 1. The van der Waals surface area contributed by atoms with E-state index in [9.17, 15) is 4.79 Å². The topological polar surface area (TPSA) is 20.3 Å². The van der Waals surface area contributed by atoms with Crippen LogP contribution < -0.4 is 0 Å². The Morgan fingerprint density at radius 1 is 2.00 bits per heavy atom. The number of carbonyl (C=O) groups excluding carboxylic acids is 1. The molecule has 8 heavy (non-hydrogen) atoms. The molecule has 0 aromatic rings. The maximum absolute atomic E-state index is 10.6. The van der Waals surface area contributed by atoms with Gasteiger partial charge in [-0.25, -0.2) is 0 Å². The van der Waals surface area contributed by atoms with Crippen molar-refractivity contribution in [1.82, 2.24) is 4.90 Å². The van der Waals surface area contributed by atoms with Crippen molar-refractivity contribution in [1.29, 1.82) is 0 Å². The highest BCUT2D eigenvalue weighted by Gasteiger charge is 2.24. The molecule has 0 spiro atoms. The van der Waals surface area contributed by atoms with Crippen molar-refractivity contribution in [2.24, 2.45) is 0 Å². The molecule has 0 aliphatic carbocycles. The van der Waals surface area contributed by atoms with Crippen molar-refractivity contribution in [2.75, 3.05) is 7.05 Å². The molecule has 1 aliphatic heterocycles. The van der Waals surface area contributed by atoms with Crippen LogP contribution in [0.4, 0.5) is 0 Å². The van der Waals surface area contributed by atoms with Gasteiger partial charge in [0.15, 0.2) is 0 Å². The van der Waals surface area contributed by atoms with Crippen LogP contribution in [0.2, 0.25) is 0 Å². The third kappa shape index (κ3) is 1.02. The first-order chi connectivity index (χ1) is 3.70. The predicted octanol–water partition coefficient (Wildman–Crippen LogP) is 0.774. The molecule has 3 heteroatoms. The Morgan fingerprint density at radius 3 is 2.75 bits per heavy atom. The van der Waals surface area contributed by atoms with Gasteiger partial charge in [0.05, 0.1) is 6.54 Å². The zero-order valence-corrected chi connectivity index (χ0v) is 6.18. The molecule has 0 N–H and O–H groups in total. The van der Waals surface area contributed by atoms with Crippen LogP contribution in [0.1, 0.15) is 6.42 Å². The standard InChI is InChI=1S/C5H7BrNO/c1-7-3-4(6)2-5(7)8/h3-4H,2H2,1H3. The van der Waals surface area contributed by atoms with Gasteiger partial charge in [-0.1, -0.05) is 15.9 Å². The fourth-order valence-electron chi connectivity index (χ4n) is 0.689. The van der Waals surface area contributed by atoms with Gasteiger partial charge in [-0.05, 0) is 0 Å². The summed E-state index contributed by atoms with van der Waals surface area (Å²) in [5.74, 6) is 0.187. The maximum Gasteiger partial charge on any atom is 0.223 e. The second-order valence-electron chi connectivity index (χ2n) is 1.87. The van der Waals surface area contributed by atoms with Crippen molar-refractivity contribution in [3.8, 4) is 0 Å².